The lowest BCUT2D eigenvalue weighted by Gasteiger charge is -2.23. The summed E-state index contributed by atoms with van der Waals surface area (Å²) in [7, 11) is 0. The Balaban J connectivity index is 2.28. The van der Waals surface area contributed by atoms with Crippen LogP contribution < -0.4 is 4.90 Å². The summed E-state index contributed by atoms with van der Waals surface area (Å²) in [6.45, 7) is 4.37. The number of nitrogens with zero attached hydrogens (tertiary/aromatic N) is 3. The molecule has 0 spiro atoms. The maximum Gasteiger partial charge on any atom is 0.328 e. The Morgan fingerprint density at radius 2 is 2.40 bits per heavy atom. The van der Waals surface area contributed by atoms with Crippen molar-refractivity contribution in [2.45, 2.75) is 32.7 Å². The first-order valence-electron chi connectivity index (χ1n) is 6.59. The molecule has 7 heteroatoms. The van der Waals surface area contributed by atoms with Crippen LogP contribution in [-0.2, 0) is 9.53 Å². The van der Waals surface area contributed by atoms with Gasteiger partial charge in [-0.3, -0.25) is 10.1 Å². The molecule has 20 heavy (non-hydrogen) atoms. The first-order chi connectivity index (χ1) is 9.54. The lowest BCUT2D eigenvalue weighted by atomic mass is 10.2. The zero-order valence-electron chi connectivity index (χ0n) is 11.5. The Morgan fingerprint density at radius 1 is 1.65 bits per heavy atom. The Labute approximate surface area is 116 Å². The standard InChI is InChI=1S/C13H17N3O4/c1-3-20-13(17)10-5-4-6-15(10)12-7-11(16(18)19)9(2)8-14-12/h7-8,10H,3-6H2,1-2H3. The molecule has 1 aliphatic rings. The second-order valence-corrected chi connectivity index (χ2v) is 4.69. The number of hydrogen-bond donors (Lipinski definition) is 0. The van der Waals surface area contributed by atoms with Crippen LogP contribution in [0.4, 0.5) is 11.5 Å². The zero-order valence-corrected chi connectivity index (χ0v) is 11.5. The molecule has 0 amide bonds. The van der Waals surface area contributed by atoms with Gasteiger partial charge < -0.3 is 9.64 Å². The van der Waals surface area contributed by atoms with Crippen molar-refractivity contribution < 1.29 is 14.5 Å². The zero-order chi connectivity index (χ0) is 14.7. The van der Waals surface area contributed by atoms with Crippen molar-refractivity contribution in [3.63, 3.8) is 0 Å². The molecule has 0 N–H and O–H groups in total. The molecule has 0 aromatic carbocycles. The summed E-state index contributed by atoms with van der Waals surface area (Å²) in [5.74, 6) is 0.160. The van der Waals surface area contributed by atoms with E-state index >= 15 is 0 Å². The molecule has 1 fully saturated rings. The molecule has 0 aliphatic carbocycles. The van der Waals surface area contributed by atoms with Gasteiger partial charge in [0.2, 0.25) is 0 Å². The summed E-state index contributed by atoms with van der Waals surface area (Å²) in [5.41, 5.74) is 0.523. The number of pyridine rings is 1. The van der Waals surface area contributed by atoms with Gasteiger partial charge in [0.05, 0.1) is 17.6 Å². The van der Waals surface area contributed by atoms with Crippen molar-refractivity contribution in [2.75, 3.05) is 18.1 Å². The molecule has 1 unspecified atom stereocenters. The van der Waals surface area contributed by atoms with Crippen LogP contribution in [0.15, 0.2) is 12.3 Å². The smallest absolute Gasteiger partial charge is 0.328 e. The second-order valence-electron chi connectivity index (χ2n) is 4.69. The van der Waals surface area contributed by atoms with Gasteiger partial charge in [-0.1, -0.05) is 0 Å². The minimum Gasteiger partial charge on any atom is -0.464 e. The summed E-state index contributed by atoms with van der Waals surface area (Å²) in [5, 5.41) is 11.0. The van der Waals surface area contributed by atoms with Gasteiger partial charge in [-0.15, -0.1) is 0 Å². The van der Waals surface area contributed by atoms with Gasteiger partial charge in [0.25, 0.3) is 5.69 Å². The molecule has 108 valence electrons. The molecule has 0 radical (unpaired) electrons. The topological polar surface area (TPSA) is 85.6 Å². The third-order valence-corrected chi connectivity index (χ3v) is 3.36. The fourth-order valence-electron chi connectivity index (χ4n) is 2.38. The molecular formula is C13H17N3O4. The van der Waals surface area contributed by atoms with E-state index in [1.54, 1.807) is 18.7 Å². The maximum atomic E-state index is 11.9. The second kappa shape index (κ2) is 5.85. The number of anilines is 1. The van der Waals surface area contributed by atoms with Crippen LogP contribution in [0.2, 0.25) is 0 Å². The van der Waals surface area contributed by atoms with Crippen LogP contribution in [0.5, 0.6) is 0 Å². The van der Waals surface area contributed by atoms with Crippen LogP contribution in [-0.4, -0.2) is 35.1 Å². The molecule has 1 saturated heterocycles. The number of rotatable bonds is 4. The van der Waals surface area contributed by atoms with Crippen molar-refractivity contribution in [1.82, 2.24) is 4.98 Å². The van der Waals surface area contributed by atoms with E-state index in [2.05, 4.69) is 4.98 Å². The lowest BCUT2D eigenvalue weighted by Crippen LogP contribution is -2.37. The average Bonchev–Trinajstić information content (AvgIpc) is 2.88. The number of aromatic nitrogens is 1. The van der Waals surface area contributed by atoms with Crippen molar-refractivity contribution in [2.24, 2.45) is 0 Å². The van der Waals surface area contributed by atoms with Crippen LogP contribution in [0, 0.1) is 17.0 Å². The molecule has 7 nitrogen and oxygen atoms in total. The molecule has 2 heterocycles. The molecule has 1 aromatic heterocycles. The van der Waals surface area contributed by atoms with E-state index < -0.39 is 11.0 Å². The summed E-state index contributed by atoms with van der Waals surface area (Å²) in [4.78, 5) is 28.4. The molecule has 0 bridgehead atoms. The number of nitro groups is 1. The Bertz CT molecular complexity index is 532. The minimum atomic E-state index is -0.435. The van der Waals surface area contributed by atoms with Crippen molar-refractivity contribution >= 4 is 17.5 Å². The average molecular weight is 279 g/mol. The van der Waals surface area contributed by atoms with E-state index in [1.807, 2.05) is 0 Å². The minimum absolute atomic E-state index is 0.0181. The Hall–Kier alpha value is -2.18. The van der Waals surface area contributed by atoms with Crippen molar-refractivity contribution in [3.8, 4) is 0 Å². The van der Waals surface area contributed by atoms with Crippen LogP contribution in [0.3, 0.4) is 0 Å². The van der Waals surface area contributed by atoms with Gasteiger partial charge in [-0.05, 0) is 26.7 Å². The van der Waals surface area contributed by atoms with E-state index in [1.165, 1.54) is 12.3 Å². The van der Waals surface area contributed by atoms with Crippen LogP contribution in [0.25, 0.3) is 0 Å². The SMILES string of the molecule is CCOC(=O)C1CCCN1c1cc([N+](=O)[O-])c(C)cn1. The van der Waals surface area contributed by atoms with Gasteiger partial charge in [0, 0.05) is 18.3 Å². The Kier molecular flexibility index (Phi) is 4.16. The number of hydrogen-bond acceptors (Lipinski definition) is 6. The van der Waals surface area contributed by atoms with Crippen molar-refractivity contribution in [3.05, 3.63) is 27.9 Å². The van der Waals surface area contributed by atoms with Gasteiger partial charge in [-0.25, -0.2) is 9.78 Å². The predicted octanol–water partition coefficient (Wildman–Crippen LogP) is 1.83. The van der Waals surface area contributed by atoms with E-state index in [0.717, 1.165) is 6.42 Å². The summed E-state index contributed by atoms with van der Waals surface area (Å²) in [6.07, 6.45) is 2.99. The van der Waals surface area contributed by atoms with Gasteiger partial charge in [-0.2, -0.15) is 0 Å². The van der Waals surface area contributed by atoms with Gasteiger partial charge in [0.15, 0.2) is 0 Å². The van der Waals surface area contributed by atoms with Gasteiger partial charge >= 0.3 is 5.97 Å². The van der Waals surface area contributed by atoms with Gasteiger partial charge in [0.1, 0.15) is 11.9 Å². The summed E-state index contributed by atoms with van der Waals surface area (Å²) >= 11 is 0. The molecule has 0 saturated carbocycles. The highest BCUT2D eigenvalue weighted by Crippen LogP contribution is 2.28. The molecule has 2 rings (SSSR count). The fourth-order valence-corrected chi connectivity index (χ4v) is 2.38. The highest BCUT2D eigenvalue weighted by Gasteiger charge is 2.33. The predicted molar refractivity (Wildman–Crippen MR) is 72.6 cm³/mol. The number of ether oxygens (including phenoxy) is 1. The number of carbonyl (C=O) groups excluding carboxylic acids is 1. The first kappa shape index (κ1) is 14.2. The highest BCUT2D eigenvalue weighted by molar-refractivity contribution is 5.80. The molecule has 1 atom stereocenters. The maximum absolute atomic E-state index is 11.9. The van der Waals surface area contributed by atoms with E-state index in [-0.39, 0.29) is 11.7 Å². The lowest BCUT2D eigenvalue weighted by molar-refractivity contribution is -0.385. The molecular weight excluding hydrogens is 262 g/mol. The first-order valence-corrected chi connectivity index (χ1v) is 6.59. The highest BCUT2D eigenvalue weighted by atomic mass is 16.6. The number of aryl methyl sites for hydroxylation is 1. The van der Waals surface area contributed by atoms with E-state index in [4.69, 9.17) is 4.74 Å². The van der Waals surface area contributed by atoms with Crippen LogP contribution in [0.1, 0.15) is 25.3 Å². The third kappa shape index (κ3) is 2.71. The van der Waals surface area contributed by atoms with Crippen LogP contribution >= 0.6 is 0 Å². The largest absolute Gasteiger partial charge is 0.464 e. The van der Waals surface area contributed by atoms with E-state index in [9.17, 15) is 14.9 Å². The molecule has 1 aliphatic heterocycles. The monoisotopic (exact) mass is 279 g/mol. The fraction of sp³-hybridized carbons (Fsp3) is 0.538. The van der Waals surface area contributed by atoms with E-state index in [0.29, 0.717) is 31.0 Å². The molecule has 1 aromatic rings. The number of esters is 1. The quantitative estimate of drug-likeness (QED) is 0.475. The summed E-state index contributed by atoms with van der Waals surface area (Å²) in [6, 6.07) is 1.03. The normalized spacial score (nSPS) is 18.1. The third-order valence-electron chi connectivity index (χ3n) is 3.36. The van der Waals surface area contributed by atoms with Crippen molar-refractivity contribution in [1.29, 1.82) is 0 Å². The summed E-state index contributed by atoms with van der Waals surface area (Å²) < 4.78 is 5.04. The number of carbonyl (C=O) groups is 1. The Morgan fingerprint density at radius 3 is 3.05 bits per heavy atom.